The minimum atomic E-state index is -0.140. The second-order valence-electron chi connectivity index (χ2n) is 8.23. The van der Waals surface area contributed by atoms with Crippen molar-refractivity contribution in [1.82, 2.24) is 10.2 Å². The molecular weight excluding hydrogens is 384 g/mol. The lowest BCUT2D eigenvalue weighted by Crippen LogP contribution is -2.45. The van der Waals surface area contributed by atoms with E-state index in [1.54, 1.807) is 13.2 Å². The van der Waals surface area contributed by atoms with E-state index < -0.39 is 0 Å². The van der Waals surface area contributed by atoms with Crippen molar-refractivity contribution in [2.45, 2.75) is 38.5 Å². The summed E-state index contributed by atoms with van der Waals surface area (Å²) >= 11 is 0. The van der Waals surface area contributed by atoms with Gasteiger partial charge < -0.3 is 24.4 Å². The first kappa shape index (κ1) is 22.6. The molecule has 166 valence electrons. The molecule has 7 nitrogen and oxygen atoms in total. The van der Waals surface area contributed by atoms with Crippen LogP contribution >= 0.6 is 0 Å². The van der Waals surface area contributed by atoms with Crippen molar-refractivity contribution in [2.24, 2.45) is 5.41 Å². The molecule has 7 heteroatoms. The van der Waals surface area contributed by atoms with Crippen molar-refractivity contribution in [3.05, 3.63) is 29.8 Å². The van der Waals surface area contributed by atoms with Crippen LogP contribution in [0.15, 0.2) is 24.3 Å². The number of carbonyl (C=O) groups is 2. The number of fused-ring (bicyclic) bond motifs is 1. The Bertz CT molecular complexity index is 701. The third kappa shape index (κ3) is 6.19. The Morgan fingerprint density at radius 2 is 1.97 bits per heavy atom. The molecule has 1 N–H and O–H groups in total. The molecule has 1 fully saturated rings. The van der Waals surface area contributed by atoms with Crippen LogP contribution in [-0.4, -0.2) is 69.9 Å². The van der Waals surface area contributed by atoms with E-state index in [1.165, 1.54) is 0 Å². The van der Waals surface area contributed by atoms with Crippen LogP contribution in [0, 0.1) is 5.41 Å². The Morgan fingerprint density at radius 3 is 2.77 bits per heavy atom. The van der Waals surface area contributed by atoms with Gasteiger partial charge in [-0.25, -0.2) is 0 Å². The predicted molar refractivity (Wildman–Crippen MR) is 114 cm³/mol. The number of likely N-dealkylation sites (tertiary alicyclic amines) is 1. The van der Waals surface area contributed by atoms with Crippen molar-refractivity contribution in [3.8, 4) is 5.75 Å². The summed E-state index contributed by atoms with van der Waals surface area (Å²) in [7, 11) is 1.62. The summed E-state index contributed by atoms with van der Waals surface area (Å²) < 4.78 is 16.9. The fraction of sp³-hybridized carbons (Fsp3) is 0.652. The van der Waals surface area contributed by atoms with Crippen LogP contribution in [0.3, 0.4) is 0 Å². The highest BCUT2D eigenvalue weighted by Gasteiger charge is 2.36. The standard InChI is InChI=1S/C23H34N2O5/c1-28-16-8-21(26)25-13-10-23(11-14-25)9-4-5-15-29-17-12-24-22(27)19-6-2-3-7-20(19)30-18-23/h2-3,6-7H,4-5,8-18H2,1H3,(H,24,27). The van der Waals surface area contributed by atoms with Gasteiger partial charge in [-0.1, -0.05) is 18.6 Å². The zero-order chi connectivity index (χ0) is 21.2. The third-order valence-corrected chi connectivity index (χ3v) is 6.14. The Morgan fingerprint density at radius 1 is 1.17 bits per heavy atom. The lowest BCUT2D eigenvalue weighted by Gasteiger charge is -2.42. The number of ether oxygens (including phenoxy) is 3. The lowest BCUT2D eigenvalue weighted by molar-refractivity contribution is -0.135. The van der Waals surface area contributed by atoms with Gasteiger partial charge in [0, 0.05) is 38.8 Å². The summed E-state index contributed by atoms with van der Waals surface area (Å²) in [4.78, 5) is 26.9. The van der Waals surface area contributed by atoms with E-state index in [0.29, 0.717) is 50.7 Å². The molecule has 3 rings (SSSR count). The number of amides is 2. The maximum atomic E-state index is 12.5. The zero-order valence-electron chi connectivity index (χ0n) is 18.0. The minimum absolute atomic E-state index is 0.00570. The van der Waals surface area contributed by atoms with E-state index in [-0.39, 0.29) is 17.2 Å². The molecule has 0 aromatic heterocycles. The Hall–Kier alpha value is -2.12. The summed E-state index contributed by atoms with van der Waals surface area (Å²) in [5.41, 5.74) is 0.558. The van der Waals surface area contributed by atoms with Crippen molar-refractivity contribution >= 4 is 11.8 Å². The van der Waals surface area contributed by atoms with Gasteiger partial charge in [-0.3, -0.25) is 9.59 Å². The zero-order valence-corrected chi connectivity index (χ0v) is 18.0. The third-order valence-electron chi connectivity index (χ3n) is 6.14. The fourth-order valence-corrected chi connectivity index (χ4v) is 4.19. The molecule has 1 spiro atoms. The van der Waals surface area contributed by atoms with Crippen molar-refractivity contribution in [3.63, 3.8) is 0 Å². The maximum absolute atomic E-state index is 12.5. The summed E-state index contributed by atoms with van der Waals surface area (Å²) in [5.74, 6) is 0.633. The molecule has 2 aliphatic heterocycles. The van der Waals surface area contributed by atoms with Crippen LogP contribution in [0.5, 0.6) is 5.75 Å². The van der Waals surface area contributed by atoms with E-state index in [9.17, 15) is 9.59 Å². The van der Waals surface area contributed by atoms with Gasteiger partial charge in [0.2, 0.25) is 5.91 Å². The van der Waals surface area contributed by atoms with Crippen molar-refractivity contribution in [2.75, 3.05) is 53.2 Å². The molecule has 2 aliphatic rings. The number of piperidine rings is 1. The molecule has 0 aliphatic carbocycles. The van der Waals surface area contributed by atoms with Crippen molar-refractivity contribution < 1.29 is 23.8 Å². The predicted octanol–water partition coefficient (Wildman–Crippen LogP) is 2.64. The summed E-state index contributed by atoms with van der Waals surface area (Å²) in [6, 6.07) is 7.39. The number of hydrogen-bond acceptors (Lipinski definition) is 5. The maximum Gasteiger partial charge on any atom is 0.255 e. The second-order valence-corrected chi connectivity index (χ2v) is 8.23. The van der Waals surface area contributed by atoms with Crippen molar-refractivity contribution in [1.29, 1.82) is 0 Å². The number of methoxy groups -OCH3 is 1. The highest BCUT2D eigenvalue weighted by Crippen LogP contribution is 2.38. The van der Waals surface area contributed by atoms with E-state index >= 15 is 0 Å². The first-order chi connectivity index (χ1) is 14.6. The second kappa shape index (κ2) is 11.3. The summed E-state index contributed by atoms with van der Waals surface area (Å²) in [5, 5.41) is 2.90. The number of nitrogens with one attached hydrogen (secondary N) is 1. The monoisotopic (exact) mass is 418 g/mol. The molecule has 1 aromatic rings. The van der Waals surface area contributed by atoms with Crippen LogP contribution in [0.25, 0.3) is 0 Å². The molecule has 0 atom stereocenters. The molecule has 0 saturated carbocycles. The topological polar surface area (TPSA) is 77.1 Å². The van der Waals surface area contributed by atoms with Gasteiger partial charge in [-0.15, -0.1) is 0 Å². The number of carbonyl (C=O) groups excluding carboxylic acids is 2. The quantitative estimate of drug-likeness (QED) is 0.817. The molecule has 0 unspecified atom stereocenters. The Labute approximate surface area is 179 Å². The number of nitrogens with zero attached hydrogens (tertiary/aromatic N) is 1. The SMILES string of the molecule is COCCC(=O)N1CCC2(CCCCOCCNC(=O)c3ccccc3OC2)CC1. The number of hydrogen-bond donors (Lipinski definition) is 1. The number of rotatable bonds is 3. The van der Waals surface area contributed by atoms with Gasteiger partial charge in [-0.05, 0) is 37.8 Å². The van der Waals surface area contributed by atoms with Gasteiger partial charge in [0.05, 0.1) is 31.8 Å². The molecule has 30 heavy (non-hydrogen) atoms. The Kier molecular flexibility index (Phi) is 8.51. The molecule has 2 amide bonds. The summed E-state index contributed by atoms with van der Waals surface area (Å²) in [6.07, 6.45) is 5.32. The van der Waals surface area contributed by atoms with Gasteiger partial charge in [0.15, 0.2) is 0 Å². The van der Waals surface area contributed by atoms with Gasteiger partial charge in [-0.2, -0.15) is 0 Å². The van der Waals surface area contributed by atoms with Gasteiger partial charge in [0.1, 0.15) is 5.75 Å². The number of benzene rings is 1. The Balaban J connectivity index is 1.69. The van der Waals surface area contributed by atoms with Crippen LogP contribution in [0.4, 0.5) is 0 Å². The van der Waals surface area contributed by atoms with E-state index in [4.69, 9.17) is 14.2 Å². The van der Waals surface area contributed by atoms with Crippen LogP contribution in [-0.2, 0) is 14.3 Å². The van der Waals surface area contributed by atoms with E-state index in [1.807, 2.05) is 23.1 Å². The first-order valence-corrected chi connectivity index (χ1v) is 11.0. The largest absolute Gasteiger partial charge is 0.492 e. The lowest BCUT2D eigenvalue weighted by atomic mass is 9.75. The molecule has 0 bridgehead atoms. The molecule has 1 saturated heterocycles. The summed E-state index contributed by atoms with van der Waals surface area (Å²) in [6.45, 7) is 4.20. The average Bonchev–Trinajstić information content (AvgIpc) is 2.78. The highest BCUT2D eigenvalue weighted by atomic mass is 16.5. The number of para-hydroxylation sites is 1. The van der Waals surface area contributed by atoms with E-state index in [2.05, 4.69) is 5.32 Å². The first-order valence-electron chi connectivity index (χ1n) is 11.0. The molecule has 0 radical (unpaired) electrons. The molecular formula is C23H34N2O5. The van der Waals surface area contributed by atoms with Crippen LogP contribution < -0.4 is 10.1 Å². The van der Waals surface area contributed by atoms with Gasteiger partial charge >= 0.3 is 0 Å². The average molecular weight is 419 g/mol. The molecule has 1 aromatic carbocycles. The van der Waals surface area contributed by atoms with Gasteiger partial charge in [0.25, 0.3) is 5.91 Å². The van der Waals surface area contributed by atoms with E-state index in [0.717, 1.165) is 45.2 Å². The van der Waals surface area contributed by atoms with Crippen LogP contribution in [0.2, 0.25) is 0 Å². The highest BCUT2D eigenvalue weighted by molar-refractivity contribution is 5.96. The molecule has 2 heterocycles. The minimum Gasteiger partial charge on any atom is -0.492 e. The normalized spacial score (nSPS) is 20.6. The fourth-order valence-electron chi connectivity index (χ4n) is 4.19. The van der Waals surface area contributed by atoms with Crippen LogP contribution in [0.1, 0.15) is 48.9 Å². The smallest absolute Gasteiger partial charge is 0.255 e.